The molecule has 1 aromatic carbocycles. The average molecular weight is 405 g/mol. The minimum atomic E-state index is -0.366. The number of benzene rings is 1. The summed E-state index contributed by atoms with van der Waals surface area (Å²) in [4.78, 5) is 21.6. The molecule has 1 aliphatic rings. The van der Waals surface area contributed by atoms with E-state index in [0.717, 1.165) is 10.6 Å². The largest absolute Gasteiger partial charge is 0.465 e. The minimum absolute atomic E-state index is 0.274. The fraction of sp³-hybridized carbons (Fsp3) is 0.100. The topological polar surface area (TPSA) is 109 Å². The summed E-state index contributed by atoms with van der Waals surface area (Å²) in [7, 11) is 1.35. The Morgan fingerprint density at radius 1 is 1.31 bits per heavy atom. The molecule has 0 radical (unpaired) electrons. The van der Waals surface area contributed by atoms with E-state index in [9.17, 15) is 10.1 Å². The number of anilines is 2. The zero-order valence-electron chi connectivity index (χ0n) is 15.3. The van der Waals surface area contributed by atoms with Gasteiger partial charge in [-0.05, 0) is 30.3 Å². The lowest BCUT2D eigenvalue weighted by atomic mass is 10.2. The van der Waals surface area contributed by atoms with Gasteiger partial charge in [0.2, 0.25) is 11.8 Å². The maximum Gasteiger partial charge on any atom is 0.348 e. The van der Waals surface area contributed by atoms with Gasteiger partial charge >= 0.3 is 5.97 Å². The highest BCUT2D eigenvalue weighted by Crippen LogP contribution is 2.35. The van der Waals surface area contributed by atoms with E-state index >= 15 is 0 Å². The third kappa shape index (κ3) is 3.88. The summed E-state index contributed by atoms with van der Waals surface area (Å²) >= 11 is 1.33. The number of carbonyl (C=O) groups is 1. The number of ether oxygens (including phenoxy) is 2. The van der Waals surface area contributed by atoms with Crippen LogP contribution in [-0.4, -0.2) is 23.0 Å². The number of carbonyl (C=O) groups excluding carboxylic acids is 1. The van der Waals surface area contributed by atoms with Gasteiger partial charge in [0.1, 0.15) is 16.5 Å². The van der Waals surface area contributed by atoms with Crippen LogP contribution in [0.2, 0.25) is 0 Å². The van der Waals surface area contributed by atoms with Crippen LogP contribution in [0.3, 0.4) is 0 Å². The van der Waals surface area contributed by atoms with Crippen molar-refractivity contribution >= 4 is 34.5 Å². The highest BCUT2D eigenvalue weighted by atomic mass is 32.1. The Hall–Kier alpha value is -3.90. The number of allylic oxidation sites excluding steroid dienone is 1. The van der Waals surface area contributed by atoms with Crippen molar-refractivity contribution in [3.05, 3.63) is 70.0 Å². The van der Waals surface area contributed by atoms with Gasteiger partial charge in [0.25, 0.3) is 0 Å². The Labute approximate surface area is 170 Å². The first kappa shape index (κ1) is 18.5. The van der Waals surface area contributed by atoms with Crippen LogP contribution in [0, 0.1) is 11.3 Å². The summed E-state index contributed by atoms with van der Waals surface area (Å²) < 4.78 is 10.5. The predicted octanol–water partition coefficient (Wildman–Crippen LogP) is 3.63. The van der Waals surface area contributed by atoms with E-state index in [1.165, 1.54) is 18.4 Å². The van der Waals surface area contributed by atoms with Crippen LogP contribution in [-0.2, 0) is 11.3 Å². The number of hydrogen-bond acceptors (Lipinski definition) is 9. The van der Waals surface area contributed by atoms with Crippen LogP contribution >= 0.6 is 11.3 Å². The smallest absolute Gasteiger partial charge is 0.348 e. The van der Waals surface area contributed by atoms with Crippen LogP contribution in [0.5, 0.6) is 5.75 Å². The second-order valence-corrected chi connectivity index (χ2v) is 7.08. The molecule has 0 saturated carbocycles. The molecule has 144 valence electrons. The quantitative estimate of drug-likeness (QED) is 0.489. The fourth-order valence-corrected chi connectivity index (χ4v) is 3.55. The first-order valence-corrected chi connectivity index (χ1v) is 9.42. The van der Waals surface area contributed by atoms with E-state index < -0.39 is 0 Å². The van der Waals surface area contributed by atoms with Crippen molar-refractivity contribution < 1.29 is 14.3 Å². The van der Waals surface area contributed by atoms with Crippen LogP contribution < -0.4 is 15.4 Å². The highest BCUT2D eigenvalue weighted by Gasteiger charge is 2.22. The molecule has 0 saturated heterocycles. The molecule has 29 heavy (non-hydrogen) atoms. The molecule has 0 fully saturated rings. The number of methoxy groups -OCH3 is 1. The fourth-order valence-electron chi connectivity index (χ4n) is 2.69. The maximum atomic E-state index is 11.6. The summed E-state index contributed by atoms with van der Waals surface area (Å²) in [6.45, 7) is 0.434. The number of nitrogens with zero attached hydrogens (tertiary/aromatic N) is 3. The van der Waals surface area contributed by atoms with Gasteiger partial charge in [0, 0.05) is 11.1 Å². The van der Waals surface area contributed by atoms with Crippen molar-refractivity contribution in [3.8, 4) is 11.8 Å². The molecule has 3 aromatic rings. The molecule has 0 unspecified atom stereocenters. The first-order chi connectivity index (χ1) is 14.2. The van der Waals surface area contributed by atoms with E-state index in [4.69, 9.17) is 9.47 Å². The number of para-hydroxylation sites is 2. The lowest BCUT2D eigenvalue weighted by Gasteiger charge is -2.07. The lowest BCUT2D eigenvalue weighted by molar-refractivity contribution is 0.0606. The predicted molar refractivity (Wildman–Crippen MR) is 108 cm³/mol. The maximum absolute atomic E-state index is 11.6. The molecule has 2 aromatic heterocycles. The Morgan fingerprint density at radius 2 is 2.17 bits per heavy atom. The molecule has 0 spiro atoms. The Morgan fingerprint density at radius 3 is 2.97 bits per heavy atom. The Kier molecular flexibility index (Phi) is 5.09. The molecule has 0 aliphatic carbocycles. The van der Waals surface area contributed by atoms with Gasteiger partial charge in [-0.2, -0.15) is 5.26 Å². The van der Waals surface area contributed by atoms with Crippen LogP contribution in [0.1, 0.15) is 20.2 Å². The second kappa shape index (κ2) is 8.00. The van der Waals surface area contributed by atoms with Crippen molar-refractivity contribution in [2.75, 3.05) is 17.7 Å². The highest BCUT2D eigenvalue weighted by molar-refractivity contribution is 7.13. The third-order valence-corrected chi connectivity index (χ3v) is 5.13. The van der Waals surface area contributed by atoms with Gasteiger partial charge < -0.3 is 20.1 Å². The number of rotatable bonds is 5. The molecule has 3 heterocycles. The van der Waals surface area contributed by atoms with E-state index in [2.05, 4.69) is 26.7 Å². The molecule has 1 aliphatic heterocycles. The summed E-state index contributed by atoms with van der Waals surface area (Å²) in [5.74, 6) is 0.982. The monoisotopic (exact) mass is 405 g/mol. The normalized spacial score (nSPS) is 13.5. The second-order valence-electron chi connectivity index (χ2n) is 5.92. The lowest BCUT2D eigenvalue weighted by Crippen LogP contribution is -2.06. The number of nitrogens with one attached hydrogen (secondary N) is 2. The molecule has 8 nitrogen and oxygen atoms in total. The number of fused-ring (bicyclic) bond motifs is 1. The van der Waals surface area contributed by atoms with Crippen molar-refractivity contribution in [1.29, 1.82) is 5.26 Å². The van der Waals surface area contributed by atoms with Crippen molar-refractivity contribution in [3.63, 3.8) is 0 Å². The SMILES string of the molecule is COC(=O)c1ccc(CNc2nccc(/C(C#N)=C3\Nc4ccccc4O3)n2)s1. The Bertz CT molecular complexity index is 1120. The number of aromatic nitrogens is 2. The van der Waals surface area contributed by atoms with Crippen LogP contribution in [0.25, 0.3) is 5.57 Å². The van der Waals surface area contributed by atoms with Crippen LogP contribution in [0.15, 0.2) is 54.5 Å². The third-order valence-electron chi connectivity index (χ3n) is 4.07. The number of nitriles is 1. The van der Waals surface area contributed by atoms with Crippen molar-refractivity contribution in [2.24, 2.45) is 0 Å². The minimum Gasteiger partial charge on any atom is -0.465 e. The molecule has 0 atom stereocenters. The summed E-state index contributed by atoms with van der Waals surface area (Å²) in [5, 5.41) is 15.8. The van der Waals surface area contributed by atoms with Gasteiger partial charge in [-0.1, -0.05) is 12.1 Å². The molecule has 2 N–H and O–H groups in total. The molecule has 4 rings (SSSR count). The molecular formula is C20H15N5O3S. The molecule has 0 bridgehead atoms. The van der Waals surface area contributed by atoms with E-state index in [0.29, 0.717) is 34.7 Å². The molecule has 9 heteroatoms. The van der Waals surface area contributed by atoms with Gasteiger partial charge in [0.15, 0.2) is 5.75 Å². The number of esters is 1. The average Bonchev–Trinajstić information content (AvgIpc) is 3.39. The first-order valence-electron chi connectivity index (χ1n) is 8.60. The van der Waals surface area contributed by atoms with Gasteiger partial charge in [-0.3, -0.25) is 0 Å². The van der Waals surface area contributed by atoms with Gasteiger partial charge in [-0.15, -0.1) is 11.3 Å². The number of hydrogen-bond donors (Lipinski definition) is 2. The summed E-state index contributed by atoms with van der Waals surface area (Å²) in [5.41, 5.74) is 1.50. The van der Waals surface area contributed by atoms with Crippen molar-refractivity contribution in [1.82, 2.24) is 9.97 Å². The zero-order chi connectivity index (χ0) is 20.2. The van der Waals surface area contributed by atoms with E-state index in [1.807, 2.05) is 30.3 Å². The number of thiophene rings is 1. The van der Waals surface area contributed by atoms with Crippen LogP contribution in [0.4, 0.5) is 11.6 Å². The Balaban J connectivity index is 1.51. The standard InChI is InChI=1S/C20H15N5O3S/c1-27-19(26)17-7-6-12(29-17)11-23-20-22-9-8-14(25-20)13(10-21)18-24-15-4-2-3-5-16(15)28-18/h2-9,24H,11H2,1H3,(H,22,23,25)/b18-13+. The zero-order valence-corrected chi connectivity index (χ0v) is 16.1. The van der Waals surface area contributed by atoms with E-state index in [1.54, 1.807) is 18.3 Å². The molecular weight excluding hydrogens is 390 g/mol. The van der Waals surface area contributed by atoms with Gasteiger partial charge in [0.05, 0.1) is 25.0 Å². The summed E-state index contributed by atoms with van der Waals surface area (Å²) in [6, 6.07) is 14.8. The van der Waals surface area contributed by atoms with Gasteiger partial charge in [-0.25, -0.2) is 14.8 Å². The van der Waals surface area contributed by atoms with Crippen molar-refractivity contribution in [2.45, 2.75) is 6.54 Å². The van der Waals surface area contributed by atoms with E-state index in [-0.39, 0.29) is 11.5 Å². The molecule has 0 amide bonds. The summed E-state index contributed by atoms with van der Waals surface area (Å²) in [6.07, 6.45) is 1.57.